The number of H-pyrrole nitrogens is 2. The highest BCUT2D eigenvalue weighted by molar-refractivity contribution is 5.89. The lowest BCUT2D eigenvalue weighted by Crippen LogP contribution is -2.39. The molecule has 1 saturated heterocycles. The molecule has 0 radical (unpaired) electrons. The number of hydrogen-bond acceptors (Lipinski definition) is 2. The summed E-state index contributed by atoms with van der Waals surface area (Å²) in [4.78, 5) is 26.7. The van der Waals surface area contributed by atoms with Gasteiger partial charge in [0.05, 0.1) is 23.5 Å². The molecule has 1 fully saturated rings. The number of likely N-dealkylation sites (tertiary alicyclic amines) is 1. The lowest BCUT2D eigenvalue weighted by Gasteiger charge is -2.34. The zero-order valence-corrected chi connectivity index (χ0v) is 15.1. The number of carbonyl (C=O) groups excluding carboxylic acids is 1. The third-order valence-electron chi connectivity index (χ3n) is 5.56. The number of imidazole rings is 1. The second-order valence-electron chi connectivity index (χ2n) is 7.27. The van der Waals surface area contributed by atoms with Crippen molar-refractivity contribution in [1.29, 1.82) is 0 Å². The smallest absolute Gasteiger partial charge is 0.227 e. The van der Waals surface area contributed by atoms with Crippen molar-refractivity contribution in [3.05, 3.63) is 66.1 Å². The minimum absolute atomic E-state index is 0.0313. The van der Waals surface area contributed by atoms with Crippen LogP contribution in [0.1, 0.15) is 36.7 Å². The summed E-state index contributed by atoms with van der Waals surface area (Å²) in [5.74, 6) is 1.08. The van der Waals surface area contributed by atoms with Gasteiger partial charge in [0.15, 0.2) is 0 Å². The van der Waals surface area contributed by atoms with E-state index in [0.717, 1.165) is 59.1 Å². The molecule has 0 saturated carbocycles. The molecular formula is C22H22N4O. The van der Waals surface area contributed by atoms with Gasteiger partial charge in [-0.3, -0.25) is 4.79 Å². The average molecular weight is 358 g/mol. The van der Waals surface area contributed by atoms with Crippen LogP contribution in [0.25, 0.3) is 21.9 Å². The number of nitrogens with zero attached hydrogens (tertiary/aromatic N) is 2. The van der Waals surface area contributed by atoms with E-state index in [0.29, 0.717) is 6.42 Å². The fourth-order valence-corrected chi connectivity index (χ4v) is 4.19. The third kappa shape index (κ3) is 2.89. The highest BCUT2D eigenvalue weighted by Gasteiger charge is 2.30. The average Bonchev–Trinajstić information content (AvgIpc) is 3.32. The van der Waals surface area contributed by atoms with Gasteiger partial charge in [-0.25, -0.2) is 4.98 Å². The van der Waals surface area contributed by atoms with E-state index in [1.54, 1.807) is 0 Å². The van der Waals surface area contributed by atoms with Crippen LogP contribution in [0.2, 0.25) is 0 Å². The van der Waals surface area contributed by atoms with Crippen molar-refractivity contribution in [2.45, 2.75) is 31.7 Å². The third-order valence-corrected chi connectivity index (χ3v) is 5.56. The minimum Gasteiger partial charge on any atom is -0.361 e. The molecule has 5 rings (SSSR count). The number of benzene rings is 2. The molecule has 0 bridgehead atoms. The van der Waals surface area contributed by atoms with Crippen molar-refractivity contribution < 1.29 is 4.79 Å². The summed E-state index contributed by atoms with van der Waals surface area (Å²) in [5.41, 5.74) is 4.13. The van der Waals surface area contributed by atoms with Crippen molar-refractivity contribution in [1.82, 2.24) is 19.9 Å². The monoisotopic (exact) mass is 358 g/mol. The van der Waals surface area contributed by atoms with Gasteiger partial charge in [-0.2, -0.15) is 0 Å². The van der Waals surface area contributed by atoms with Crippen LogP contribution >= 0.6 is 0 Å². The number of rotatable bonds is 3. The van der Waals surface area contributed by atoms with Gasteiger partial charge in [0.1, 0.15) is 5.82 Å². The Bertz CT molecular complexity index is 1080. The molecular weight excluding hydrogens is 336 g/mol. The topological polar surface area (TPSA) is 64.8 Å². The van der Waals surface area contributed by atoms with Gasteiger partial charge in [0.25, 0.3) is 0 Å². The molecule has 3 heterocycles. The Hall–Kier alpha value is -3.08. The van der Waals surface area contributed by atoms with Crippen LogP contribution in [0, 0.1) is 0 Å². The van der Waals surface area contributed by atoms with Gasteiger partial charge in [0, 0.05) is 23.6 Å². The number of fused-ring (bicyclic) bond motifs is 2. The van der Waals surface area contributed by atoms with Gasteiger partial charge in [0.2, 0.25) is 5.91 Å². The zero-order chi connectivity index (χ0) is 18.2. The van der Waals surface area contributed by atoms with Crippen molar-refractivity contribution in [2.24, 2.45) is 0 Å². The minimum atomic E-state index is 0.0313. The Morgan fingerprint density at radius 2 is 1.89 bits per heavy atom. The van der Waals surface area contributed by atoms with E-state index in [1.165, 1.54) is 0 Å². The van der Waals surface area contributed by atoms with Crippen molar-refractivity contribution in [2.75, 3.05) is 6.54 Å². The molecule has 0 aliphatic carbocycles. The molecule has 27 heavy (non-hydrogen) atoms. The van der Waals surface area contributed by atoms with Gasteiger partial charge in [-0.05, 0) is 43.0 Å². The molecule has 2 aromatic carbocycles. The second-order valence-corrected chi connectivity index (χ2v) is 7.27. The standard InChI is InChI=1S/C22H22N4O/c27-21(13-15-14-23-17-8-2-1-7-16(15)17)26-12-6-5-11-20(26)22-24-18-9-3-4-10-19(18)25-22/h1-4,7-10,14,20,23H,5-6,11-13H2,(H,24,25)/t20-/m0/s1. The highest BCUT2D eigenvalue weighted by atomic mass is 16.2. The molecule has 1 amide bonds. The summed E-state index contributed by atoms with van der Waals surface area (Å²) in [6.45, 7) is 0.795. The molecule has 1 atom stereocenters. The highest BCUT2D eigenvalue weighted by Crippen LogP contribution is 2.31. The fraction of sp³-hybridized carbons (Fsp3) is 0.273. The first kappa shape index (κ1) is 16.1. The number of aromatic amines is 2. The predicted molar refractivity (Wildman–Crippen MR) is 106 cm³/mol. The second kappa shape index (κ2) is 6.58. The van der Waals surface area contributed by atoms with E-state index in [9.17, 15) is 4.79 Å². The summed E-state index contributed by atoms with van der Waals surface area (Å²) >= 11 is 0. The molecule has 136 valence electrons. The van der Waals surface area contributed by atoms with E-state index < -0.39 is 0 Å². The maximum atomic E-state index is 13.2. The number of aromatic nitrogens is 3. The molecule has 5 nitrogen and oxygen atoms in total. The van der Waals surface area contributed by atoms with Crippen LogP contribution in [0.5, 0.6) is 0 Å². The van der Waals surface area contributed by atoms with E-state index in [-0.39, 0.29) is 11.9 Å². The number of hydrogen-bond donors (Lipinski definition) is 2. The van der Waals surface area contributed by atoms with Crippen LogP contribution in [0.4, 0.5) is 0 Å². The van der Waals surface area contributed by atoms with Crippen molar-refractivity contribution in [3.8, 4) is 0 Å². The number of carbonyl (C=O) groups is 1. The molecule has 5 heteroatoms. The number of piperidine rings is 1. The van der Waals surface area contributed by atoms with E-state index in [4.69, 9.17) is 4.98 Å². The summed E-state index contributed by atoms with van der Waals surface area (Å²) in [5, 5.41) is 1.13. The van der Waals surface area contributed by atoms with E-state index in [1.807, 2.05) is 53.6 Å². The predicted octanol–water partition coefficient (Wildman–Crippen LogP) is 4.34. The Morgan fingerprint density at radius 3 is 2.78 bits per heavy atom. The normalized spacial score (nSPS) is 17.6. The fourth-order valence-electron chi connectivity index (χ4n) is 4.19. The molecule has 2 N–H and O–H groups in total. The van der Waals surface area contributed by atoms with Crippen LogP contribution in [0.3, 0.4) is 0 Å². The molecule has 2 aromatic heterocycles. The first-order valence-corrected chi connectivity index (χ1v) is 9.59. The molecule has 1 aliphatic rings. The first-order valence-electron chi connectivity index (χ1n) is 9.59. The Balaban J connectivity index is 1.43. The quantitative estimate of drug-likeness (QED) is 0.572. The first-order chi connectivity index (χ1) is 13.3. The molecule has 1 aliphatic heterocycles. The lowest BCUT2D eigenvalue weighted by molar-refractivity contribution is -0.134. The zero-order valence-electron chi connectivity index (χ0n) is 15.1. The maximum Gasteiger partial charge on any atom is 0.227 e. The van der Waals surface area contributed by atoms with Gasteiger partial charge >= 0.3 is 0 Å². The van der Waals surface area contributed by atoms with Crippen molar-refractivity contribution in [3.63, 3.8) is 0 Å². The van der Waals surface area contributed by atoms with Crippen LogP contribution < -0.4 is 0 Å². The van der Waals surface area contributed by atoms with E-state index >= 15 is 0 Å². The summed E-state index contributed by atoms with van der Waals surface area (Å²) in [7, 11) is 0. The Kier molecular flexibility index (Phi) is 3.93. The summed E-state index contributed by atoms with van der Waals surface area (Å²) in [6, 6.07) is 16.2. The van der Waals surface area contributed by atoms with Crippen LogP contribution in [-0.4, -0.2) is 32.3 Å². The molecule has 0 spiro atoms. The van der Waals surface area contributed by atoms with Crippen molar-refractivity contribution >= 4 is 27.8 Å². The lowest BCUT2D eigenvalue weighted by atomic mass is 10.00. The van der Waals surface area contributed by atoms with Gasteiger partial charge in [-0.1, -0.05) is 30.3 Å². The van der Waals surface area contributed by atoms with Crippen LogP contribution in [-0.2, 0) is 11.2 Å². The largest absolute Gasteiger partial charge is 0.361 e. The Labute approximate surface area is 157 Å². The van der Waals surface area contributed by atoms with Gasteiger partial charge in [-0.15, -0.1) is 0 Å². The number of amides is 1. The Morgan fingerprint density at radius 1 is 1.07 bits per heavy atom. The molecule has 0 unspecified atom stereocenters. The summed E-state index contributed by atoms with van der Waals surface area (Å²) in [6.07, 6.45) is 5.51. The summed E-state index contributed by atoms with van der Waals surface area (Å²) < 4.78 is 0. The van der Waals surface area contributed by atoms with Crippen LogP contribution in [0.15, 0.2) is 54.7 Å². The maximum absolute atomic E-state index is 13.2. The van der Waals surface area contributed by atoms with E-state index in [2.05, 4.69) is 16.0 Å². The molecule has 4 aromatic rings. The SMILES string of the molecule is O=C(Cc1c[nH]c2ccccc12)N1CCCC[C@H]1c1nc2ccccc2[nH]1. The van der Waals surface area contributed by atoms with Gasteiger partial charge < -0.3 is 14.9 Å². The number of para-hydroxylation sites is 3. The number of nitrogens with one attached hydrogen (secondary N) is 2.